The Balaban J connectivity index is 2.12. The first-order chi connectivity index (χ1) is 7.19. The summed E-state index contributed by atoms with van der Waals surface area (Å²) in [6.45, 7) is 1.19. The summed E-state index contributed by atoms with van der Waals surface area (Å²) in [6.07, 6.45) is 3.61. The van der Waals surface area contributed by atoms with Gasteiger partial charge in [-0.3, -0.25) is 4.79 Å². The molecule has 0 spiro atoms. The Morgan fingerprint density at radius 3 is 2.67 bits per heavy atom. The number of aliphatic hydroxyl groups is 1. The zero-order valence-corrected chi connectivity index (χ0v) is 9.00. The molecule has 1 aliphatic carbocycles. The topological polar surface area (TPSA) is 84.6 Å². The van der Waals surface area contributed by atoms with Gasteiger partial charge in [0.05, 0.1) is 25.4 Å². The maximum Gasteiger partial charge on any atom is 0.240 e. The molecule has 1 aliphatic rings. The summed E-state index contributed by atoms with van der Waals surface area (Å²) < 4.78 is 5.02. The molecule has 1 saturated carbocycles. The fourth-order valence-electron chi connectivity index (χ4n) is 1.81. The van der Waals surface area contributed by atoms with E-state index in [0.717, 1.165) is 25.7 Å². The Labute approximate surface area is 90.0 Å². The lowest BCUT2D eigenvalue weighted by Crippen LogP contribution is -2.52. The molecule has 0 radical (unpaired) electrons. The van der Waals surface area contributed by atoms with Gasteiger partial charge in [0.1, 0.15) is 0 Å². The first-order valence-electron chi connectivity index (χ1n) is 5.45. The van der Waals surface area contributed by atoms with Crippen LogP contribution >= 0.6 is 0 Å². The van der Waals surface area contributed by atoms with Crippen molar-refractivity contribution >= 4 is 5.91 Å². The number of amides is 1. The van der Waals surface area contributed by atoms with E-state index in [0.29, 0.717) is 19.8 Å². The van der Waals surface area contributed by atoms with E-state index in [1.165, 1.54) is 0 Å². The van der Waals surface area contributed by atoms with E-state index in [9.17, 15) is 4.79 Å². The van der Waals surface area contributed by atoms with Crippen molar-refractivity contribution in [1.82, 2.24) is 5.32 Å². The minimum Gasteiger partial charge on any atom is -0.394 e. The van der Waals surface area contributed by atoms with Gasteiger partial charge in [-0.2, -0.15) is 0 Å². The number of nitrogens with one attached hydrogen (secondary N) is 1. The first-order valence-corrected chi connectivity index (χ1v) is 5.45. The summed E-state index contributed by atoms with van der Waals surface area (Å²) in [5, 5.41) is 11.2. The van der Waals surface area contributed by atoms with Crippen molar-refractivity contribution in [2.24, 2.45) is 5.73 Å². The van der Waals surface area contributed by atoms with Gasteiger partial charge in [0.15, 0.2) is 0 Å². The molecule has 4 N–H and O–H groups in total. The van der Waals surface area contributed by atoms with Crippen molar-refractivity contribution in [2.75, 3.05) is 26.4 Å². The van der Waals surface area contributed by atoms with Crippen molar-refractivity contribution in [3.05, 3.63) is 0 Å². The number of hydrogen-bond donors (Lipinski definition) is 3. The highest BCUT2D eigenvalue weighted by atomic mass is 16.5. The van der Waals surface area contributed by atoms with Crippen LogP contribution in [-0.4, -0.2) is 42.9 Å². The Bertz CT molecular complexity index is 203. The third-order valence-corrected chi connectivity index (χ3v) is 2.72. The molecular weight excluding hydrogens is 196 g/mol. The monoisotopic (exact) mass is 216 g/mol. The Morgan fingerprint density at radius 2 is 2.07 bits per heavy atom. The fraction of sp³-hybridized carbons (Fsp3) is 0.900. The predicted octanol–water partition coefficient (Wildman–Crippen LogP) is -0.617. The molecule has 1 amide bonds. The van der Waals surface area contributed by atoms with Gasteiger partial charge < -0.3 is 20.9 Å². The molecule has 0 aromatic rings. The zero-order valence-electron chi connectivity index (χ0n) is 9.00. The van der Waals surface area contributed by atoms with Gasteiger partial charge in [-0.05, 0) is 12.8 Å². The molecule has 1 rings (SSSR count). The highest BCUT2D eigenvalue weighted by Crippen LogP contribution is 2.26. The zero-order chi connectivity index (χ0) is 11.1. The van der Waals surface area contributed by atoms with Gasteiger partial charge in [-0.25, -0.2) is 0 Å². The number of aliphatic hydroxyl groups excluding tert-OH is 1. The van der Waals surface area contributed by atoms with Crippen LogP contribution in [0.4, 0.5) is 0 Å². The van der Waals surface area contributed by atoms with Crippen molar-refractivity contribution < 1.29 is 14.6 Å². The molecule has 0 aromatic heterocycles. The summed E-state index contributed by atoms with van der Waals surface area (Å²) >= 11 is 0. The van der Waals surface area contributed by atoms with Crippen LogP contribution in [0.3, 0.4) is 0 Å². The summed E-state index contributed by atoms with van der Waals surface area (Å²) in [7, 11) is 0. The molecular formula is C10H20N2O3. The average Bonchev–Trinajstić information content (AvgIpc) is 2.66. The molecule has 5 heteroatoms. The molecule has 88 valence electrons. The lowest BCUT2D eigenvalue weighted by molar-refractivity contribution is -0.126. The maximum atomic E-state index is 11.7. The fourth-order valence-corrected chi connectivity index (χ4v) is 1.81. The Hall–Kier alpha value is -0.650. The molecule has 15 heavy (non-hydrogen) atoms. The molecule has 0 atom stereocenters. The van der Waals surface area contributed by atoms with Gasteiger partial charge in [0.2, 0.25) is 5.91 Å². The van der Waals surface area contributed by atoms with Crippen molar-refractivity contribution in [3.8, 4) is 0 Å². The Kier molecular flexibility index (Phi) is 5.01. The van der Waals surface area contributed by atoms with E-state index < -0.39 is 5.54 Å². The molecule has 0 heterocycles. The molecule has 0 unspecified atom stereocenters. The van der Waals surface area contributed by atoms with Crippen LogP contribution in [0.5, 0.6) is 0 Å². The molecule has 0 aromatic carbocycles. The second-order valence-corrected chi connectivity index (χ2v) is 3.96. The van der Waals surface area contributed by atoms with Crippen LogP contribution in [-0.2, 0) is 9.53 Å². The highest BCUT2D eigenvalue weighted by Gasteiger charge is 2.36. The quantitative estimate of drug-likeness (QED) is 0.517. The molecule has 1 fully saturated rings. The number of hydrogen-bond acceptors (Lipinski definition) is 4. The van der Waals surface area contributed by atoms with E-state index in [-0.39, 0.29) is 12.5 Å². The third kappa shape index (κ3) is 3.77. The minimum absolute atomic E-state index is 0.00870. The van der Waals surface area contributed by atoms with Gasteiger partial charge in [-0.15, -0.1) is 0 Å². The number of ether oxygens (including phenoxy) is 1. The van der Waals surface area contributed by atoms with Crippen LogP contribution in [0.1, 0.15) is 25.7 Å². The Morgan fingerprint density at radius 1 is 1.40 bits per heavy atom. The summed E-state index contributed by atoms with van der Waals surface area (Å²) in [6, 6.07) is 0. The minimum atomic E-state index is -0.656. The van der Waals surface area contributed by atoms with E-state index in [4.69, 9.17) is 15.6 Å². The SMILES string of the molecule is NC1(C(=O)NCCOCCO)CCCC1. The number of carbonyl (C=O) groups excluding carboxylic acids is 1. The average molecular weight is 216 g/mol. The van der Waals surface area contributed by atoms with Crippen molar-refractivity contribution in [1.29, 1.82) is 0 Å². The van der Waals surface area contributed by atoms with Crippen LogP contribution in [0, 0.1) is 0 Å². The van der Waals surface area contributed by atoms with E-state index in [1.54, 1.807) is 0 Å². The van der Waals surface area contributed by atoms with E-state index in [2.05, 4.69) is 5.32 Å². The van der Waals surface area contributed by atoms with Crippen molar-refractivity contribution in [3.63, 3.8) is 0 Å². The van der Waals surface area contributed by atoms with Crippen LogP contribution < -0.4 is 11.1 Å². The normalized spacial score (nSPS) is 19.1. The number of nitrogens with two attached hydrogens (primary N) is 1. The lowest BCUT2D eigenvalue weighted by atomic mass is 9.98. The molecule has 0 bridgehead atoms. The lowest BCUT2D eigenvalue weighted by Gasteiger charge is -2.22. The number of rotatable bonds is 6. The van der Waals surface area contributed by atoms with Crippen LogP contribution in [0.25, 0.3) is 0 Å². The van der Waals surface area contributed by atoms with Crippen LogP contribution in [0.15, 0.2) is 0 Å². The van der Waals surface area contributed by atoms with Gasteiger partial charge in [0.25, 0.3) is 0 Å². The van der Waals surface area contributed by atoms with Crippen LogP contribution in [0.2, 0.25) is 0 Å². The predicted molar refractivity (Wildman–Crippen MR) is 56.3 cm³/mol. The maximum absolute atomic E-state index is 11.7. The second-order valence-electron chi connectivity index (χ2n) is 3.96. The largest absolute Gasteiger partial charge is 0.394 e. The first kappa shape index (κ1) is 12.4. The van der Waals surface area contributed by atoms with Gasteiger partial charge in [-0.1, -0.05) is 12.8 Å². The summed E-state index contributed by atoms with van der Waals surface area (Å²) in [4.78, 5) is 11.7. The summed E-state index contributed by atoms with van der Waals surface area (Å²) in [5.41, 5.74) is 5.29. The van der Waals surface area contributed by atoms with Crippen molar-refractivity contribution in [2.45, 2.75) is 31.2 Å². The van der Waals surface area contributed by atoms with Gasteiger partial charge in [0, 0.05) is 6.54 Å². The molecule has 0 saturated heterocycles. The van der Waals surface area contributed by atoms with E-state index >= 15 is 0 Å². The molecule has 0 aliphatic heterocycles. The summed E-state index contributed by atoms with van der Waals surface area (Å²) in [5.74, 6) is -0.0763. The third-order valence-electron chi connectivity index (χ3n) is 2.72. The standard InChI is InChI=1S/C10H20N2O3/c11-10(3-1-2-4-10)9(14)12-5-7-15-8-6-13/h13H,1-8,11H2,(H,12,14). The smallest absolute Gasteiger partial charge is 0.240 e. The highest BCUT2D eigenvalue weighted by molar-refractivity contribution is 5.86. The van der Waals surface area contributed by atoms with Gasteiger partial charge >= 0.3 is 0 Å². The van der Waals surface area contributed by atoms with E-state index in [1.807, 2.05) is 0 Å². The second kappa shape index (κ2) is 6.05. The number of carbonyl (C=O) groups is 1. The molecule has 5 nitrogen and oxygen atoms in total.